The molecule has 3 rings (SSSR count). The van der Waals surface area contributed by atoms with E-state index in [0.29, 0.717) is 22.8 Å². The fourth-order valence-corrected chi connectivity index (χ4v) is 2.00. The van der Waals surface area contributed by atoms with Gasteiger partial charge < -0.3 is 15.1 Å². The molecule has 3 aromatic rings. The Hall–Kier alpha value is -2.89. The first-order valence-electron chi connectivity index (χ1n) is 5.63. The summed E-state index contributed by atoms with van der Waals surface area (Å²) in [5.74, 6) is 0.110. The van der Waals surface area contributed by atoms with Crippen molar-refractivity contribution in [3.8, 4) is 22.8 Å². The highest BCUT2D eigenvalue weighted by Crippen LogP contribution is 2.31. The first-order valence-corrected chi connectivity index (χ1v) is 5.63. The lowest BCUT2D eigenvalue weighted by molar-refractivity contribution is 0.0697. The number of nitrogens with zero attached hydrogens (tertiary/aromatic N) is 2. The zero-order valence-corrected chi connectivity index (χ0v) is 9.79. The van der Waals surface area contributed by atoms with E-state index in [2.05, 4.69) is 19.9 Å². The molecule has 0 saturated heterocycles. The van der Waals surface area contributed by atoms with Crippen LogP contribution in [-0.2, 0) is 0 Å². The molecule has 3 N–H and O–H groups in total. The van der Waals surface area contributed by atoms with Crippen LogP contribution in [0.1, 0.15) is 10.4 Å². The van der Waals surface area contributed by atoms with Gasteiger partial charge in [-0.05, 0) is 6.07 Å². The molecule has 0 aliphatic heterocycles. The zero-order valence-electron chi connectivity index (χ0n) is 9.79. The summed E-state index contributed by atoms with van der Waals surface area (Å²) in [6.45, 7) is 0. The van der Waals surface area contributed by atoms with Crippen LogP contribution in [0.3, 0.4) is 0 Å². The Morgan fingerprint density at radius 3 is 2.32 bits per heavy atom. The summed E-state index contributed by atoms with van der Waals surface area (Å²) in [4.78, 5) is 25.6. The number of imidazole rings is 2. The lowest BCUT2D eigenvalue weighted by Gasteiger charge is -2.08. The van der Waals surface area contributed by atoms with Crippen LogP contribution >= 0.6 is 0 Å². The molecular formula is C13H10N4O2. The summed E-state index contributed by atoms with van der Waals surface area (Å²) in [5.41, 5.74) is 1.40. The molecule has 0 aliphatic carbocycles. The summed E-state index contributed by atoms with van der Waals surface area (Å²) in [7, 11) is 0. The molecule has 0 bridgehead atoms. The fraction of sp³-hybridized carbons (Fsp3) is 0. The molecule has 0 radical (unpaired) electrons. The minimum Gasteiger partial charge on any atom is -0.478 e. The highest BCUT2D eigenvalue weighted by molar-refractivity contribution is 5.99. The second kappa shape index (κ2) is 4.41. The highest BCUT2D eigenvalue weighted by Gasteiger charge is 2.19. The van der Waals surface area contributed by atoms with E-state index in [-0.39, 0.29) is 5.56 Å². The molecular weight excluding hydrogens is 244 g/mol. The third-order valence-corrected chi connectivity index (χ3v) is 2.78. The molecule has 6 nitrogen and oxygen atoms in total. The van der Waals surface area contributed by atoms with Crippen LogP contribution in [0, 0.1) is 0 Å². The van der Waals surface area contributed by atoms with Gasteiger partial charge in [-0.25, -0.2) is 14.8 Å². The second-order valence-corrected chi connectivity index (χ2v) is 3.91. The minimum atomic E-state index is -1.00. The molecule has 19 heavy (non-hydrogen) atoms. The van der Waals surface area contributed by atoms with Crippen molar-refractivity contribution in [2.75, 3.05) is 0 Å². The average Bonchev–Trinajstić information content (AvgIpc) is 3.11. The second-order valence-electron chi connectivity index (χ2n) is 3.91. The molecule has 2 heterocycles. The van der Waals surface area contributed by atoms with E-state index in [4.69, 9.17) is 0 Å². The molecule has 0 spiro atoms. The smallest absolute Gasteiger partial charge is 0.336 e. The largest absolute Gasteiger partial charge is 0.478 e. The van der Waals surface area contributed by atoms with Gasteiger partial charge in [0.1, 0.15) is 11.6 Å². The van der Waals surface area contributed by atoms with E-state index in [1.54, 1.807) is 36.9 Å². The number of hydrogen-bond acceptors (Lipinski definition) is 3. The summed E-state index contributed by atoms with van der Waals surface area (Å²) >= 11 is 0. The molecule has 94 valence electrons. The normalized spacial score (nSPS) is 10.5. The standard InChI is InChI=1S/C13H10N4O2/c18-13(19)9-3-1-2-8(11-14-4-5-15-11)10(9)12-16-6-7-17-12/h1-7H,(H,14,15)(H,16,17)(H,18,19). The van der Waals surface area contributed by atoms with Crippen LogP contribution in [0.5, 0.6) is 0 Å². The van der Waals surface area contributed by atoms with Crippen molar-refractivity contribution in [1.29, 1.82) is 0 Å². The molecule has 6 heteroatoms. The number of hydrogen-bond donors (Lipinski definition) is 3. The molecule has 0 fully saturated rings. The van der Waals surface area contributed by atoms with Crippen molar-refractivity contribution in [2.24, 2.45) is 0 Å². The number of benzene rings is 1. The Labute approximate surface area is 108 Å². The molecule has 0 unspecified atom stereocenters. The molecule has 0 atom stereocenters. The summed E-state index contributed by atoms with van der Waals surface area (Å²) in [6.07, 6.45) is 6.54. The average molecular weight is 254 g/mol. The number of H-pyrrole nitrogens is 2. The van der Waals surface area contributed by atoms with Gasteiger partial charge in [0.25, 0.3) is 0 Å². The van der Waals surface area contributed by atoms with Gasteiger partial charge in [-0.15, -0.1) is 0 Å². The number of carboxylic acids is 1. The van der Waals surface area contributed by atoms with Crippen molar-refractivity contribution < 1.29 is 9.90 Å². The number of rotatable bonds is 3. The lowest BCUT2D eigenvalue weighted by atomic mass is 10.00. The summed E-state index contributed by atoms with van der Waals surface area (Å²) < 4.78 is 0. The van der Waals surface area contributed by atoms with Gasteiger partial charge in [0.2, 0.25) is 0 Å². The molecule has 0 saturated carbocycles. The van der Waals surface area contributed by atoms with E-state index < -0.39 is 5.97 Å². The highest BCUT2D eigenvalue weighted by atomic mass is 16.4. The Balaban J connectivity index is 2.31. The molecule has 1 aromatic carbocycles. The van der Waals surface area contributed by atoms with Crippen LogP contribution in [0.4, 0.5) is 0 Å². The van der Waals surface area contributed by atoms with E-state index in [0.717, 1.165) is 0 Å². The van der Waals surface area contributed by atoms with Crippen molar-refractivity contribution in [2.45, 2.75) is 0 Å². The van der Waals surface area contributed by atoms with Crippen LogP contribution in [-0.4, -0.2) is 31.0 Å². The van der Waals surface area contributed by atoms with E-state index in [1.165, 1.54) is 0 Å². The quantitative estimate of drug-likeness (QED) is 0.667. The Morgan fingerprint density at radius 1 is 1.05 bits per heavy atom. The van der Waals surface area contributed by atoms with E-state index >= 15 is 0 Å². The van der Waals surface area contributed by atoms with Crippen LogP contribution in [0.15, 0.2) is 43.0 Å². The van der Waals surface area contributed by atoms with Gasteiger partial charge in [0.15, 0.2) is 0 Å². The summed E-state index contributed by atoms with van der Waals surface area (Å²) in [6, 6.07) is 5.05. The molecule has 2 aromatic heterocycles. The first-order chi connectivity index (χ1) is 9.27. The van der Waals surface area contributed by atoms with Crippen molar-refractivity contribution >= 4 is 5.97 Å². The number of aromatic amines is 2. The van der Waals surface area contributed by atoms with Crippen molar-refractivity contribution in [1.82, 2.24) is 19.9 Å². The fourth-order valence-electron chi connectivity index (χ4n) is 2.00. The van der Waals surface area contributed by atoms with Gasteiger partial charge in [-0.2, -0.15) is 0 Å². The first kappa shape index (κ1) is 11.2. The number of carboxylic acid groups (broad SMARTS) is 1. The van der Waals surface area contributed by atoms with E-state index in [1.807, 2.05) is 6.07 Å². The Morgan fingerprint density at radius 2 is 1.74 bits per heavy atom. The maximum atomic E-state index is 11.4. The number of carbonyl (C=O) groups is 1. The maximum Gasteiger partial charge on any atom is 0.336 e. The maximum absolute atomic E-state index is 11.4. The predicted octanol–water partition coefficient (Wildman–Crippen LogP) is 2.17. The van der Waals surface area contributed by atoms with Crippen LogP contribution in [0.25, 0.3) is 22.8 Å². The van der Waals surface area contributed by atoms with E-state index in [9.17, 15) is 9.90 Å². The third-order valence-electron chi connectivity index (χ3n) is 2.78. The Bertz CT molecular complexity index is 702. The number of aromatic carboxylic acids is 1. The van der Waals surface area contributed by atoms with Gasteiger partial charge in [0.05, 0.1) is 5.56 Å². The minimum absolute atomic E-state index is 0.184. The Kier molecular flexibility index (Phi) is 2.60. The third kappa shape index (κ3) is 1.89. The van der Waals surface area contributed by atoms with Gasteiger partial charge in [-0.1, -0.05) is 12.1 Å². The van der Waals surface area contributed by atoms with Crippen LogP contribution < -0.4 is 0 Å². The van der Waals surface area contributed by atoms with Crippen LogP contribution in [0.2, 0.25) is 0 Å². The number of aromatic nitrogens is 4. The molecule has 0 aliphatic rings. The SMILES string of the molecule is O=C(O)c1cccc(-c2ncc[nH]2)c1-c1ncc[nH]1. The van der Waals surface area contributed by atoms with Crippen molar-refractivity contribution in [3.05, 3.63) is 48.5 Å². The van der Waals surface area contributed by atoms with Crippen molar-refractivity contribution in [3.63, 3.8) is 0 Å². The number of nitrogens with one attached hydrogen (secondary N) is 2. The monoisotopic (exact) mass is 254 g/mol. The summed E-state index contributed by atoms with van der Waals surface area (Å²) in [5, 5.41) is 9.31. The van der Waals surface area contributed by atoms with Gasteiger partial charge in [-0.3, -0.25) is 0 Å². The predicted molar refractivity (Wildman–Crippen MR) is 68.6 cm³/mol. The lowest BCUT2D eigenvalue weighted by Crippen LogP contribution is -2.02. The molecule has 0 amide bonds. The topological polar surface area (TPSA) is 94.7 Å². The zero-order chi connectivity index (χ0) is 13.2. The van der Waals surface area contributed by atoms with Gasteiger partial charge in [0, 0.05) is 35.9 Å². The van der Waals surface area contributed by atoms with Gasteiger partial charge >= 0.3 is 5.97 Å².